The van der Waals surface area contributed by atoms with E-state index in [-0.39, 0.29) is 5.82 Å². The van der Waals surface area contributed by atoms with Gasteiger partial charge in [0.2, 0.25) is 0 Å². The van der Waals surface area contributed by atoms with Gasteiger partial charge in [-0.2, -0.15) is 0 Å². The molecule has 0 N–H and O–H groups in total. The maximum atomic E-state index is 14.8. The van der Waals surface area contributed by atoms with Crippen LogP contribution in [0.5, 0.6) is 0 Å². The molecule has 172 valence electrons. The molecule has 0 aromatic heterocycles. The molecule has 0 amide bonds. The zero-order chi connectivity index (χ0) is 23.4. The van der Waals surface area contributed by atoms with Crippen LogP contribution >= 0.6 is 0 Å². The van der Waals surface area contributed by atoms with Crippen molar-refractivity contribution in [2.24, 2.45) is 5.92 Å². The molecule has 0 radical (unpaired) electrons. The molecule has 0 saturated heterocycles. The number of rotatable bonds is 7. The molecule has 4 rings (SSSR count). The van der Waals surface area contributed by atoms with Crippen LogP contribution in [0.4, 0.5) is 13.2 Å². The molecule has 0 bridgehead atoms. The summed E-state index contributed by atoms with van der Waals surface area (Å²) >= 11 is 0. The van der Waals surface area contributed by atoms with Gasteiger partial charge in [-0.1, -0.05) is 68.0 Å². The lowest BCUT2D eigenvalue weighted by Crippen LogP contribution is -2.08. The van der Waals surface area contributed by atoms with Gasteiger partial charge in [-0.3, -0.25) is 0 Å². The molecular weight excluding hydrogens is 417 g/mol. The van der Waals surface area contributed by atoms with Crippen molar-refractivity contribution in [1.29, 1.82) is 0 Å². The highest BCUT2D eigenvalue weighted by Crippen LogP contribution is 2.34. The van der Waals surface area contributed by atoms with Crippen molar-refractivity contribution in [1.82, 2.24) is 0 Å². The zero-order valence-corrected chi connectivity index (χ0v) is 19.4. The van der Waals surface area contributed by atoms with Crippen LogP contribution in [0.3, 0.4) is 0 Å². The number of halogens is 3. The molecule has 33 heavy (non-hydrogen) atoms. The van der Waals surface area contributed by atoms with E-state index in [9.17, 15) is 13.2 Å². The number of hydrogen-bond acceptors (Lipinski definition) is 0. The van der Waals surface area contributed by atoms with Gasteiger partial charge in [0.1, 0.15) is 5.82 Å². The first-order valence-electron chi connectivity index (χ1n) is 12.0. The van der Waals surface area contributed by atoms with Crippen molar-refractivity contribution in [2.45, 2.75) is 58.8 Å². The van der Waals surface area contributed by atoms with Gasteiger partial charge in [0.05, 0.1) is 0 Å². The summed E-state index contributed by atoms with van der Waals surface area (Å²) in [5.41, 5.74) is 5.44. The third-order valence-corrected chi connectivity index (χ3v) is 6.85. The normalized spacial score (nSPS) is 16.0. The fourth-order valence-corrected chi connectivity index (χ4v) is 4.71. The van der Waals surface area contributed by atoms with Crippen LogP contribution in [-0.2, 0) is 12.8 Å². The molecule has 0 fully saturated rings. The summed E-state index contributed by atoms with van der Waals surface area (Å²) in [5, 5.41) is 0. The Bertz CT molecular complexity index is 1140. The summed E-state index contributed by atoms with van der Waals surface area (Å²) in [4.78, 5) is 0. The Kier molecular flexibility index (Phi) is 7.37. The molecule has 0 aliphatic heterocycles. The van der Waals surface area contributed by atoms with Gasteiger partial charge in [0.15, 0.2) is 11.6 Å². The second-order valence-corrected chi connectivity index (χ2v) is 9.22. The maximum Gasteiger partial charge on any atom is 0.166 e. The van der Waals surface area contributed by atoms with Crippen molar-refractivity contribution >= 4 is 5.57 Å². The molecule has 0 nitrogen and oxygen atoms in total. The monoisotopic (exact) mass is 448 g/mol. The summed E-state index contributed by atoms with van der Waals surface area (Å²) in [7, 11) is 0. The van der Waals surface area contributed by atoms with Gasteiger partial charge in [-0.05, 0) is 90.8 Å². The lowest BCUT2D eigenvalue weighted by molar-refractivity contribution is 0.440. The Balaban J connectivity index is 1.39. The van der Waals surface area contributed by atoms with E-state index in [4.69, 9.17) is 0 Å². The van der Waals surface area contributed by atoms with E-state index in [1.807, 2.05) is 36.4 Å². The topological polar surface area (TPSA) is 0 Å². The lowest BCUT2D eigenvalue weighted by atomic mass is 9.83. The van der Waals surface area contributed by atoms with Gasteiger partial charge in [-0.25, -0.2) is 13.2 Å². The van der Waals surface area contributed by atoms with Gasteiger partial charge in [-0.15, -0.1) is 0 Å². The Hall–Kier alpha value is -2.81. The van der Waals surface area contributed by atoms with Gasteiger partial charge < -0.3 is 0 Å². The number of allylic oxidation sites excluding steroid dienone is 2. The van der Waals surface area contributed by atoms with Crippen LogP contribution in [0.25, 0.3) is 16.7 Å². The molecule has 3 aromatic carbocycles. The zero-order valence-electron chi connectivity index (χ0n) is 19.4. The third kappa shape index (κ3) is 5.40. The van der Waals surface area contributed by atoms with E-state index in [1.165, 1.54) is 11.1 Å². The summed E-state index contributed by atoms with van der Waals surface area (Å²) in [5.74, 6) is -1.24. The second kappa shape index (κ2) is 10.4. The van der Waals surface area contributed by atoms with Crippen molar-refractivity contribution in [3.05, 3.63) is 100 Å². The smallest absolute Gasteiger partial charge is 0.166 e. The number of hydrogen-bond donors (Lipinski definition) is 0. The molecule has 1 atom stereocenters. The van der Waals surface area contributed by atoms with E-state index >= 15 is 0 Å². The van der Waals surface area contributed by atoms with Gasteiger partial charge >= 0.3 is 0 Å². The molecular formula is C30H31F3. The lowest BCUT2D eigenvalue weighted by Gasteiger charge is -2.22. The Labute approximate surface area is 195 Å². The largest absolute Gasteiger partial charge is 0.207 e. The van der Waals surface area contributed by atoms with Crippen LogP contribution in [-0.4, -0.2) is 0 Å². The fourth-order valence-electron chi connectivity index (χ4n) is 4.71. The third-order valence-electron chi connectivity index (χ3n) is 6.85. The van der Waals surface area contributed by atoms with Crippen LogP contribution in [0.1, 0.15) is 61.3 Å². The second-order valence-electron chi connectivity index (χ2n) is 9.22. The SMILES string of the molecule is CCCc1ccc(-c2ccc(CCC3CC=C(c4ccc(C)c(F)c4)CC3)c(F)c2F)cc1. The highest BCUT2D eigenvalue weighted by Gasteiger charge is 2.19. The summed E-state index contributed by atoms with van der Waals surface area (Å²) < 4.78 is 43.6. The van der Waals surface area contributed by atoms with Gasteiger partial charge in [0.25, 0.3) is 0 Å². The summed E-state index contributed by atoms with van der Waals surface area (Å²) in [6.07, 6.45) is 8.30. The summed E-state index contributed by atoms with van der Waals surface area (Å²) in [6, 6.07) is 16.5. The van der Waals surface area contributed by atoms with Crippen molar-refractivity contribution in [3.8, 4) is 11.1 Å². The molecule has 1 unspecified atom stereocenters. The van der Waals surface area contributed by atoms with Crippen LogP contribution in [0.2, 0.25) is 0 Å². The minimum atomic E-state index is -0.761. The summed E-state index contributed by atoms with van der Waals surface area (Å²) in [6.45, 7) is 3.89. The van der Waals surface area contributed by atoms with Crippen LogP contribution in [0, 0.1) is 30.3 Å². The molecule has 3 heteroatoms. The molecule has 1 aliphatic carbocycles. The molecule has 1 aliphatic rings. The highest BCUT2D eigenvalue weighted by molar-refractivity contribution is 5.67. The number of aryl methyl sites for hydroxylation is 3. The maximum absolute atomic E-state index is 14.8. The van der Waals surface area contributed by atoms with E-state index in [0.717, 1.165) is 44.1 Å². The Morgan fingerprint density at radius 1 is 0.848 bits per heavy atom. The van der Waals surface area contributed by atoms with E-state index in [1.54, 1.807) is 25.1 Å². The van der Waals surface area contributed by atoms with Gasteiger partial charge in [0, 0.05) is 5.56 Å². The molecule has 0 heterocycles. The van der Waals surface area contributed by atoms with Crippen molar-refractivity contribution < 1.29 is 13.2 Å². The Morgan fingerprint density at radius 3 is 2.27 bits per heavy atom. The predicted molar refractivity (Wildman–Crippen MR) is 131 cm³/mol. The minimum absolute atomic E-state index is 0.173. The van der Waals surface area contributed by atoms with E-state index in [2.05, 4.69) is 13.0 Å². The first-order chi connectivity index (χ1) is 16.0. The van der Waals surface area contributed by atoms with Crippen LogP contribution in [0.15, 0.2) is 60.7 Å². The quantitative estimate of drug-likeness (QED) is 0.339. The standard InChI is InChI=1S/C30H31F3/c1-3-4-21-8-14-24(15-9-21)27-18-17-25(29(32)30(27)33)16-10-22-6-12-23(13-7-22)26-11-5-20(2)28(31)19-26/h5,8-9,11-12,14-15,17-19,22H,3-4,6-7,10,13,16H2,1-2H3. The highest BCUT2D eigenvalue weighted by atomic mass is 19.2. The Morgan fingerprint density at radius 2 is 1.61 bits per heavy atom. The van der Waals surface area contributed by atoms with E-state index in [0.29, 0.717) is 34.6 Å². The number of benzene rings is 3. The minimum Gasteiger partial charge on any atom is -0.207 e. The van der Waals surface area contributed by atoms with Crippen LogP contribution < -0.4 is 0 Å². The fraction of sp³-hybridized carbons (Fsp3) is 0.333. The van der Waals surface area contributed by atoms with Crippen molar-refractivity contribution in [2.75, 3.05) is 0 Å². The molecule has 0 spiro atoms. The average Bonchev–Trinajstić information content (AvgIpc) is 2.83. The predicted octanol–water partition coefficient (Wildman–Crippen LogP) is 8.85. The van der Waals surface area contributed by atoms with Crippen molar-refractivity contribution in [3.63, 3.8) is 0 Å². The average molecular weight is 449 g/mol. The first kappa shape index (κ1) is 23.4. The molecule has 3 aromatic rings. The first-order valence-corrected chi connectivity index (χ1v) is 12.0. The molecule has 0 saturated carbocycles. The van der Waals surface area contributed by atoms with E-state index < -0.39 is 11.6 Å².